The number of carbonyl (C=O) groups excluding carboxylic acids is 1. The van der Waals surface area contributed by atoms with Crippen molar-refractivity contribution in [3.8, 4) is 0 Å². The molecule has 126 valence electrons. The van der Waals surface area contributed by atoms with Gasteiger partial charge < -0.3 is 4.74 Å². The minimum absolute atomic E-state index is 0.192. The molecule has 1 saturated carbocycles. The Morgan fingerprint density at radius 2 is 1.68 bits per heavy atom. The van der Waals surface area contributed by atoms with Crippen LogP contribution in [0.4, 0.5) is 0 Å². The van der Waals surface area contributed by atoms with Crippen LogP contribution in [0.5, 0.6) is 0 Å². The molecule has 0 amide bonds. The van der Waals surface area contributed by atoms with Crippen LogP contribution in [0, 0.1) is 0 Å². The molecule has 1 unspecified atom stereocenters. The van der Waals surface area contributed by atoms with E-state index >= 15 is 0 Å². The number of nitrogens with zero attached hydrogens (tertiary/aromatic N) is 1. The lowest BCUT2D eigenvalue weighted by Gasteiger charge is -2.51. The summed E-state index contributed by atoms with van der Waals surface area (Å²) in [5, 5.41) is 0. The molecule has 6 rings (SSSR count). The first-order valence-corrected chi connectivity index (χ1v) is 9.10. The monoisotopic (exact) mass is 331 g/mol. The van der Waals surface area contributed by atoms with Crippen molar-refractivity contribution in [2.45, 2.75) is 49.7 Å². The first-order valence-electron chi connectivity index (χ1n) is 9.10. The van der Waals surface area contributed by atoms with Gasteiger partial charge in [-0.15, -0.1) is 0 Å². The van der Waals surface area contributed by atoms with E-state index < -0.39 is 5.41 Å². The molecule has 0 heterocycles. The minimum atomic E-state index is -0.462. The molecule has 0 N–H and O–H groups in total. The molecule has 0 aliphatic heterocycles. The molecule has 3 heteroatoms. The Balaban J connectivity index is 1.79. The third kappa shape index (κ3) is 2.11. The lowest BCUT2D eigenvalue weighted by Crippen LogP contribution is -2.53. The summed E-state index contributed by atoms with van der Waals surface area (Å²) < 4.78 is 5.86. The van der Waals surface area contributed by atoms with E-state index in [4.69, 9.17) is 9.73 Å². The Labute approximate surface area is 147 Å². The van der Waals surface area contributed by atoms with Gasteiger partial charge in [0.05, 0.1) is 5.41 Å². The van der Waals surface area contributed by atoms with E-state index in [1.807, 2.05) is 0 Å². The summed E-state index contributed by atoms with van der Waals surface area (Å²) in [6.07, 6.45) is 5.06. The number of benzene rings is 2. The summed E-state index contributed by atoms with van der Waals surface area (Å²) in [6.45, 7) is 1.51. The van der Waals surface area contributed by atoms with Crippen molar-refractivity contribution in [3.63, 3.8) is 0 Å². The van der Waals surface area contributed by atoms with Gasteiger partial charge in [0.1, 0.15) is 6.10 Å². The van der Waals surface area contributed by atoms with Crippen molar-refractivity contribution in [3.05, 3.63) is 70.8 Å². The van der Waals surface area contributed by atoms with Crippen LogP contribution >= 0.6 is 0 Å². The summed E-state index contributed by atoms with van der Waals surface area (Å²) >= 11 is 0. The van der Waals surface area contributed by atoms with Crippen LogP contribution in [0.1, 0.15) is 54.4 Å². The number of aliphatic imine (C=N–C) groups is 1. The Hall–Kier alpha value is -2.42. The SMILES string of the molecule is CC(=O)OC1CC2c3ccccc3C1(C=NC1CC1)c1ccccc12. The van der Waals surface area contributed by atoms with Gasteiger partial charge >= 0.3 is 5.97 Å². The summed E-state index contributed by atoms with van der Waals surface area (Å²) in [5.74, 6) is 0.0691. The van der Waals surface area contributed by atoms with E-state index in [1.54, 1.807) is 0 Å². The maximum atomic E-state index is 11.8. The molecule has 0 aromatic heterocycles. The maximum Gasteiger partial charge on any atom is 0.302 e. The van der Waals surface area contributed by atoms with Crippen LogP contribution in [-0.2, 0) is 14.9 Å². The molecule has 0 radical (unpaired) electrons. The predicted octanol–water partition coefficient (Wildman–Crippen LogP) is 3.99. The standard InChI is InChI=1S/C22H21NO2/c1-14(24)25-21-12-18-16-6-2-4-8-19(16)22(21,13-23-15-10-11-15)20-9-5-3-7-17(18)20/h2-9,13,15,18,21H,10-12H2,1H3. The van der Waals surface area contributed by atoms with Gasteiger partial charge in [0.15, 0.2) is 0 Å². The van der Waals surface area contributed by atoms with E-state index in [2.05, 4.69) is 54.7 Å². The van der Waals surface area contributed by atoms with Gasteiger partial charge in [-0.05, 0) is 41.5 Å². The van der Waals surface area contributed by atoms with Crippen LogP contribution in [-0.4, -0.2) is 24.3 Å². The highest BCUT2D eigenvalue weighted by Crippen LogP contribution is 2.56. The van der Waals surface area contributed by atoms with Crippen LogP contribution in [0.3, 0.4) is 0 Å². The largest absolute Gasteiger partial charge is 0.461 e. The molecule has 4 aliphatic rings. The molecule has 0 saturated heterocycles. The third-order valence-corrected chi connectivity index (χ3v) is 5.87. The van der Waals surface area contributed by atoms with Crippen molar-refractivity contribution in [1.82, 2.24) is 0 Å². The summed E-state index contributed by atoms with van der Waals surface area (Å²) in [5.41, 5.74) is 4.75. The van der Waals surface area contributed by atoms with Crippen molar-refractivity contribution < 1.29 is 9.53 Å². The quantitative estimate of drug-likeness (QED) is 0.630. The number of ether oxygens (including phenoxy) is 1. The molecule has 2 aromatic carbocycles. The highest BCUT2D eigenvalue weighted by atomic mass is 16.5. The molecule has 2 bridgehead atoms. The Bertz CT molecular complexity index is 834. The lowest BCUT2D eigenvalue weighted by atomic mass is 9.54. The predicted molar refractivity (Wildman–Crippen MR) is 97.2 cm³/mol. The van der Waals surface area contributed by atoms with Gasteiger partial charge in [0.2, 0.25) is 0 Å². The Morgan fingerprint density at radius 3 is 2.24 bits per heavy atom. The fourth-order valence-electron chi connectivity index (χ4n) is 4.68. The Morgan fingerprint density at radius 1 is 1.08 bits per heavy atom. The number of rotatable bonds is 3. The number of fused-ring (bicyclic) bond motifs is 1. The van der Waals surface area contributed by atoms with Crippen LogP contribution in [0.25, 0.3) is 0 Å². The molecule has 3 nitrogen and oxygen atoms in total. The zero-order chi connectivity index (χ0) is 17.0. The summed E-state index contributed by atoms with van der Waals surface area (Å²) in [4.78, 5) is 16.7. The number of esters is 1. The number of hydrogen-bond acceptors (Lipinski definition) is 3. The molecule has 25 heavy (non-hydrogen) atoms. The van der Waals surface area contributed by atoms with E-state index in [0.717, 1.165) is 19.3 Å². The third-order valence-electron chi connectivity index (χ3n) is 5.87. The zero-order valence-electron chi connectivity index (χ0n) is 14.3. The van der Waals surface area contributed by atoms with Crippen molar-refractivity contribution in [1.29, 1.82) is 0 Å². The number of hydrogen-bond donors (Lipinski definition) is 0. The molecule has 0 spiro atoms. The van der Waals surface area contributed by atoms with Gasteiger partial charge in [-0.25, -0.2) is 0 Å². The topological polar surface area (TPSA) is 38.7 Å². The fourth-order valence-corrected chi connectivity index (χ4v) is 4.68. The molecular formula is C22H21NO2. The summed E-state index contributed by atoms with van der Waals surface area (Å²) in [7, 11) is 0. The molecule has 2 aromatic rings. The van der Waals surface area contributed by atoms with Gasteiger partial charge in [-0.1, -0.05) is 48.5 Å². The van der Waals surface area contributed by atoms with E-state index in [0.29, 0.717) is 6.04 Å². The normalized spacial score (nSPS) is 29.3. The Kier molecular flexibility index (Phi) is 3.15. The average molecular weight is 331 g/mol. The molecule has 1 fully saturated rings. The van der Waals surface area contributed by atoms with E-state index in [9.17, 15) is 4.79 Å². The van der Waals surface area contributed by atoms with E-state index in [-0.39, 0.29) is 18.0 Å². The van der Waals surface area contributed by atoms with Gasteiger partial charge in [-0.2, -0.15) is 0 Å². The number of carbonyl (C=O) groups is 1. The highest BCUT2D eigenvalue weighted by Gasteiger charge is 2.55. The van der Waals surface area contributed by atoms with Crippen molar-refractivity contribution >= 4 is 12.2 Å². The van der Waals surface area contributed by atoms with Crippen molar-refractivity contribution in [2.24, 2.45) is 4.99 Å². The molecule has 4 aliphatic carbocycles. The highest BCUT2D eigenvalue weighted by molar-refractivity contribution is 5.86. The average Bonchev–Trinajstić information content (AvgIpc) is 3.45. The molecular weight excluding hydrogens is 310 g/mol. The fraction of sp³-hybridized carbons (Fsp3) is 0.364. The molecule has 1 atom stereocenters. The first kappa shape index (κ1) is 14.9. The van der Waals surface area contributed by atoms with Gasteiger partial charge in [0.25, 0.3) is 0 Å². The maximum absolute atomic E-state index is 11.8. The lowest BCUT2D eigenvalue weighted by molar-refractivity contribution is -0.149. The van der Waals surface area contributed by atoms with Gasteiger partial charge in [0, 0.05) is 25.1 Å². The second-order valence-corrected chi connectivity index (χ2v) is 7.44. The van der Waals surface area contributed by atoms with E-state index in [1.165, 1.54) is 29.2 Å². The van der Waals surface area contributed by atoms with Crippen LogP contribution < -0.4 is 0 Å². The van der Waals surface area contributed by atoms with Crippen LogP contribution in [0.15, 0.2) is 53.5 Å². The smallest absolute Gasteiger partial charge is 0.302 e. The zero-order valence-corrected chi connectivity index (χ0v) is 14.3. The first-order chi connectivity index (χ1) is 12.2. The second kappa shape index (κ2) is 5.29. The second-order valence-electron chi connectivity index (χ2n) is 7.44. The van der Waals surface area contributed by atoms with Crippen molar-refractivity contribution in [2.75, 3.05) is 0 Å². The minimum Gasteiger partial charge on any atom is -0.461 e. The van der Waals surface area contributed by atoms with Gasteiger partial charge in [-0.3, -0.25) is 9.79 Å². The summed E-state index contributed by atoms with van der Waals surface area (Å²) in [6, 6.07) is 17.6. The van der Waals surface area contributed by atoms with Crippen LogP contribution in [0.2, 0.25) is 0 Å².